The molecule has 1 N–H and O–H groups in total. The highest BCUT2D eigenvalue weighted by Gasteiger charge is 2.10. The maximum atomic E-state index is 11.3. The minimum Gasteiger partial charge on any atom is -0.376 e. The summed E-state index contributed by atoms with van der Waals surface area (Å²) in [5, 5.41) is 3.36. The molecule has 0 radical (unpaired) electrons. The van der Waals surface area contributed by atoms with Crippen LogP contribution < -0.4 is 10.9 Å². The van der Waals surface area contributed by atoms with Crippen LogP contribution in [0.3, 0.4) is 0 Å². The minimum atomic E-state index is -0.00262. The molecule has 0 bridgehead atoms. The molecular weight excluding hydrogens is 234 g/mol. The summed E-state index contributed by atoms with van der Waals surface area (Å²) in [7, 11) is 1.75. The van der Waals surface area contributed by atoms with Gasteiger partial charge in [-0.05, 0) is 19.9 Å². The van der Waals surface area contributed by atoms with E-state index in [0.29, 0.717) is 0 Å². The topological polar surface area (TPSA) is 46.9 Å². The second kappa shape index (κ2) is 4.71. The Bertz CT molecular complexity index is 573. The maximum Gasteiger partial charge on any atom is 0.250 e. The van der Waals surface area contributed by atoms with Crippen molar-refractivity contribution in [3.05, 3.63) is 44.8 Å². The Kier molecular flexibility index (Phi) is 3.28. The summed E-state index contributed by atoms with van der Waals surface area (Å²) in [5.74, 6) is 0. The van der Waals surface area contributed by atoms with Crippen LogP contribution in [0.25, 0.3) is 0 Å². The fourth-order valence-corrected chi connectivity index (χ4v) is 2.53. The third-order valence-electron chi connectivity index (χ3n) is 2.64. The molecule has 1 atom stereocenters. The van der Waals surface area contributed by atoms with E-state index in [2.05, 4.69) is 17.2 Å². The molecule has 0 saturated heterocycles. The summed E-state index contributed by atoms with van der Waals surface area (Å²) < 4.78 is 1.56. The van der Waals surface area contributed by atoms with Crippen molar-refractivity contribution < 1.29 is 0 Å². The van der Waals surface area contributed by atoms with Crippen LogP contribution in [0, 0.1) is 6.92 Å². The first-order chi connectivity index (χ1) is 8.08. The lowest BCUT2D eigenvalue weighted by molar-refractivity contribution is 0.842. The first-order valence-corrected chi connectivity index (χ1v) is 6.29. The van der Waals surface area contributed by atoms with E-state index in [1.54, 1.807) is 41.3 Å². The van der Waals surface area contributed by atoms with E-state index in [-0.39, 0.29) is 11.6 Å². The average molecular weight is 249 g/mol. The molecule has 5 heteroatoms. The van der Waals surface area contributed by atoms with Crippen LogP contribution >= 0.6 is 11.3 Å². The number of hydrogen-bond donors (Lipinski definition) is 1. The predicted octanol–water partition coefficient (Wildman–Crippen LogP) is 2.32. The van der Waals surface area contributed by atoms with Gasteiger partial charge >= 0.3 is 0 Å². The SMILES string of the molecule is Cc1ncsc1C(C)Nc1ccc(=O)n(C)c1. The summed E-state index contributed by atoms with van der Waals surface area (Å²) in [6.07, 6.45) is 1.80. The molecule has 1 unspecified atom stereocenters. The smallest absolute Gasteiger partial charge is 0.250 e. The normalized spacial score (nSPS) is 12.4. The van der Waals surface area contributed by atoms with Crippen LogP contribution in [0.15, 0.2) is 28.6 Å². The van der Waals surface area contributed by atoms with Crippen molar-refractivity contribution in [2.45, 2.75) is 19.9 Å². The number of thiazole rings is 1. The van der Waals surface area contributed by atoms with Crippen molar-refractivity contribution >= 4 is 17.0 Å². The van der Waals surface area contributed by atoms with Crippen LogP contribution in [-0.4, -0.2) is 9.55 Å². The van der Waals surface area contributed by atoms with Crippen LogP contribution in [0.5, 0.6) is 0 Å². The van der Waals surface area contributed by atoms with Gasteiger partial charge < -0.3 is 9.88 Å². The van der Waals surface area contributed by atoms with E-state index in [9.17, 15) is 4.79 Å². The largest absolute Gasteiger partial charge is 0.376 e. The van der Waals surface area contributed by atoms with Gasteiger partial charge in [-0.25, -0.2) is 4.98 Å². The van der Waals surface area contributed by atoms with Crippen molar-refractivity contribution in [2.75, 3.05) is 5.32 Å². The molecule has 0 amide bonds. The second-order valence-electron chi connectivity index (χ2n) is 4.03. The van der Waals surface area contributed by atoms with Crippen LogP contribution in [0.1, 0.15) is 23.5 Å². The first-order valence-electron chi connectivity index (χ1n) is 5.41. The zero-order valence-electron chi connectivity index (χ0n) is 10.1. The molecule has 0 fully saturated rings. The van der Waals surface area contributed by atoms with Crippen LogP contribution in [0.4, 0.5) is 5.69 Å². The van der Waals surface area contributed by atoms with Gasteiger partial charge in [-0.3, -0.25) is 4.79 Å². The van der Waals surface area contributed by atoms with Gasteiger partial charge in [0.1, 0.15) is 0 Å². The van der Waals surface area contributed by atoms with E-state index in [4.69, 9.17) is 0 Å². The Morgan fingerprint density at radius 1 is 1.47 bits per heavy atom. The molecule has 0 aliphatic carbocycles. The molecule has 0 saturated carbocycles. The lowest BCUT2D eigenvalue weighted by atomic mass is 10.2. The van der Waals surface area contributed by atoms with Gasteiger partial charge in [-0.15, -0.1) is 11.3 Å². The summed E-state index contributed by atoms with van der Waals surface area (Å²) in [4.78, 5) is 16.7. The Morgan fingerprint density at radius 2 is 2.24 bits per heavy atom. The lowest BCUT2D eigenvalue weighted by Gasteiger charge is -2.14. The summed E-state index contributed by atoms with van der Waals surface area (Å²) in [6.45, 7) is 4.09. The van der Waals surface area contributed by atoms with Gasteiger partial charge in [-0.2, -0.15) is 0 Å². The standard InChI is InChI=1S/C12H15N3OS/c1-8-12(17-7-13-8)9(2)14-10-4-5-11(16)15(3)6-10/h4-7,9,14H,1-3H3. The Labute approximate surface area is 104 Å². The molecule has 0 spiro atoms. The highest BCUT2D eigenvalue weighted by molar-refractivity contribution is 7.09. The van der Waals surface area contributed by atoms with Crippen LogP contribution in [-0.2, 0) is 7.05 Å². The molecule has 2 rings (SSSR count). The number of aryl methyl sites for hydroxylation is 2. The third-order valence-corrected chi connectivity index (χ3v) is 3.76. The number of anilines is 1. The van der Waals surface area contributed by atoms with Gasteiger partial charge in [0.05, 0.1) is 22.9 Å². The fourth-order valence-electron chi connectivity index (χ4n) is 1.72. The van der Waals surface area contributed by atoms with Crippen molar-refractivity contribution in [1.82, 2.24) is 9.55 Å². The average Bonchev–Trinajstić information content (AvgIpc) is 2.70. The highest BCUT2D eigenvalue weighted by Crippen LogP contribution is 2.24. The van der Waals surface area contributed by atoms with Crippen molar-refractivity contribution in [1.29, 1.82) is 0 Å². The molecule has 90 valence electrons. The zero-order chi connectivity index (χ0) is 12.4. The molecule has 0 aliphatic rings. The third kappa shape index (κ3) is 2.55. The maximum absolute atomic E-state index is 11.3. The quantitative estimate of drug-likeness (QED) is 0.908. The number of rotatable bonds is 3. The molecule has 17 heavy (non-hydrogen) atoms. The van der Waals surface area contributed by atoms with Gasteiger partial charge in [0.25, 0.3) is 0 Å². The number of nitrogens with zero attached hydrogens (tertiary/aromatic N) is 2. The predicted molar refractivity (Wildman–Crippen MR) is 70.6 cm³/mol. The molecule has 2 heterocycles. The minimum absolute atomic E-state index is 0.00262. The summed E-state index contributed by atoms with van der Waals surface area (Å²) >= 11 is 1.64. The Morgan fingerprint density at radius 3 is 2.82 bits per heavy atom. The summed E-state index contributed by atoms with van der Waals surface area (Å²) in [5.41, 5.74) is 3.84. The Balaban J connectivity index is 2.18. The number of pyridine rings is 1. The van der Waals surface area contributed by atoms with Crippen molar-refractivity contribution in [3.8, 4) is 0 Å². The second-order valence-corrected chi connectivity index (χ2v) is 4.92. The highest BCUT2D eigenvalue weighted by atomic mass is 32.1. The van der Waals surface area contributed by atoms with E-state index >= 15 is 0 Å². The van der Waals surface area contributed by atoms with E-state index in [1.165, 1.54) is 4.88 Å². The van der Waals surface area contributed by atoms with Gasteiger partial charge in [0.2, 0.25) is 5.56 Å². The van der Waals surface area contributed by atoms with E-state index < -0.39 is 0 Å². The molecule has 0 aromatic carbocycles. The zero-order valence-corrected chi connectivity index (χ0v) is 10.9. The van der Waals surface area contributed by atoms with Crippen molar-refractivity contribution in [2.24, 2.45) is 7.05 Å². The van der Waals surface area contributed by atoms with Crippen LogP contribution in [0.2, 0.25) is 0 Å². The first kappa shape index (κ1) is 11.9. The molecule has 0 aliphatic heterocycles. The molecular formula is C12H15N3OS. The van der Waals surface area contributed by atoms with Gasteiger partial charge in [0.15, 0.2) is 0 Å². The summed E-state index contributed by atoms with van der Waals surface area (Å²) in [6, 6.07) is 3.56. The van der Waals surface area contributed by atoms with Crippen molar-refractivity contribution in [3.63, 3.8) is 0 Å². The fraction of sp³-hybridized carbons (Fsp3) is 0.333. The van der Waals surface area contributed by atoms with E-state index in [0.717, 1.165) is 11.4 Å². The monoisotopic (exact) mass is 249 g/mol. The molecule has 2 aromatic rings. The molecule has 4 nitrogen and oxygen atoms in total. The number of hydrogen-bond acceptors (Lipinski definition) is 4. The number of nitrogens with one attached hydrogen (secondary N) is 1. The van der Waals surface area contributed by atoms with E-state index in [1.807, 2.05) is 12.4 Å². The lowest BCUT2D eigenvalue weighted by Crippen LogP contribution is -2.16. The Hall–Kier alpha value is -1.62. The van der Waals surface area contributed by atoms with Gasteiger partial charge in [0, 0.05) is 24.2 Å². The van der Waals surface area contributed by atoms with Gasteiger partial charge in [-0.1, -0.05) is 0 Å². The molecule has 2 aromatic heterocycles. The number of aromatic nitrogens is 2.